The fourth-order valence-corrected chi connectivity index (χ4v) is 2.72. The molecule has 3 aromatic rings. The van der Waals surface area contributed by atoms with Crippen molar-refractivity contribution in [1.29, 1.82) is 0 Å². The minimum absolute atomic E-state index is 0.526. The first-order chi connectivity index (χ1) is 9.21. The third kappa shape index (κ3) is 2.04. The molecule has 0 unspecified atom stereocenters. The molecule has 0 atom stereocenters. The third-order valence-electron chi connectivity index (χ3n) is 3.02. The smallest absolute Gasteiger partial charge is 0.214 e. The Kier molecular flexibility index (Phi) is 2.87. The molecule has 5 nitrogen and oxygen atoms in total. The summed E-state index contributed by atoms with van der Waals surface area (Å²) in [4.78, 5) is 5.34. The van der Waals surface area contributed by atoms with Crippen LogP contribution in [0, 0.1) is 0 Å². The molecule has 0 radical (unpaired) electrons. The molecule has 0 spiro atoms. The number of benzene rings is 1. The summed E-state index contributed by atoms with van der Waals surface area (Å²) in [6.45, 7) is 2.11. The highest BCUT2D eigenvalue weighted by Gasteiger charge is 2.10. The van der Waals surface area contributed by atoms with Crippen molar-refractivity contribution in [2.45, 2.75) is 13.3 Å². The van der Waals surface area contributed by atoms with Crippen molar-refractivity contribution in [3.05, 3.63) is 30.0 Å². The molecule has 2 N–H and O–H groups in total. The van der Waals surface area contributed by atoms with Gasteiger partial charge in [-0.15, -0.1) is 5.10 Å². The van der Waals surface area contributed by atoms with Gasteiger partial charge in [-0.1, -0.05) is 18.3 Å². The van der Waals surface area contributed by atoms with Crippen LogP contribution in [0.4, 0.5) is 5.13 Å². The number of nitrogens with two attached hydrogens (primary N) is 1. The topological polar surface area (TPSA) is 65.4 Å². The number of nitrogens with zero attached hydrogens (tertiary/aromatic N) is 3. The number of hydrogen-bond acceptors (Lipinski definition) is 5. The Labute approximate surface area is 114 Å². The minimum atomic E-state index is 0.526. The standard InChI is InChI=1S/C13H14N4OS/c1-3-8-6-9(4-5-11(8)18-2)10-7-17-13(15-10)19-12(14)16-17/h4-7H,3H2,1-2H3,(H2,14,16). The van der Waals surface area contributed by atoms with E-state index in [4.69, 9.17) is 10.5 Å². The minimum Gasteiger partial charge on any atom is -0.496 e. The lowest BCUT2D eigenvalue weighted by atomic mass is 10.1. The van der Waals surface area contributed by atoms with Gasteiger partial charge >= 0.3 is 0 Å². The fourth-order valence-electron chi connectivity index (χ4n) is 2.07. The molecule has 2 heterocycles. The first-order valence-electron chi connectivity index (χ1n) is 6.00. The number of anilines is 1. The van der Waals surface area contributed by atoms with E-state index >= 15 is 0 Å². The van der Waals surface area contributed by atoms with Crippen LogP contribution in [0.15, 0.2) is 24.4 Å². The summed E-state index contributed by atoms with van der Waals surface area (Å²) in [5, 5.41) is 4.69. The van der Waals surface area contributed by atoms with Crippen LogP contribution in [0.5, 0.6) is 5.75 Å². The van der Waals surface area contributed by atoms with Gasteiger partial charge in [0.15, 0.2) is 0 Å². The lowest BCUT2D eigenvalue weighted by Gasteiger charge is -2.07. The number of methoxy groups -OCH3 is 1. The predicted octanol–water partition coefficient (Wildman–Crippen LogP) is 2.61. The second-order valence-corrected chi connectivity index (χ2v) is 5.16. The Morgan fingerprint density at radius 1 is 1.42 bits per heavy atom. The number of fused-ring (bicyclic) bond motifs is 1. The average Bonchev–Trinajstić information content (AvgIpc) is 2.95. The maximum Gasteiger partial charge on any atom is 0.214 e. The van der Waals surface area contributed by atoms with E-state index in [-0.39, 0.29) is 0 Å². The molecule has 2 aromatic heterocycles. The molecule has 0 saturated carbocycles. The summed E-state index contributed by atoms with van der Waals surface area (Å²) in [6, 6.07) is 6.09. The van der Waals surface area contributed by atoms with Crippen LogP contribution in [0.2, 0.25) is 0 Å². The monoisotopic (exact) mass is 274 g/mol. The molecule has 98 valence electrons. The van der Waals surface area contributed by atoms with Crippen molar-refractivity contribution in [3.63, 3.8) is 0 Å². The molecule has 0 aliphatic carbocycles. The van der Waals surface area contributed by atoms with Crippen molar-refractivity contribution >= 4 is 21.4 Å². The fraction of sp³-hybridized carbons (Fsp3) is 0.231. The number of aromatic nitrogens is 3. The molecule has 19 heavy (non-hydrogen) atoms. The molecular weight excluding hydrogens is 260 g/mol. The molecule has 0 amide bonds. The van der Waals surface area contributed by atoms with E-state index in [0.717, 1.165) is 28.4 Å². The van der Waals surface area contributed by atoms with Gasteiger partial charge in [0, 0.05) is 5.56 Å². The van der Waals surface area contributed by atoms with E-state index < -0.39 is 0 Å². The largest absolute Gasteiger partial charge is 0.496 e. The quantitative estimate of drug-likeness (QED) is 0.797. The molecule has 0 bridgehead atoms. The molecule has 6 heteroatoms. The van der Waals surface area contributed by atoms with E-state index in [1.54, 1.807) is 11.6 Å². The summed E-state index contributed by atoms with van der Waals surface area (Å²) in [6.07, 6.45) is 2.81. The highest BCUT2D eigenvalue weighted by Crippen LogP contribution is 2.28. The second-order valence-electron chi connectivity index (χ2n) is 4.17. The zero-order valence-corrected chi connectivity index (χ0v) is 11.6. The van der Waals surface area contributed by atoms with Crippen LogP contribution in [0.25, 0.3) is 16.2 Å². The van der Waals surface area contributed by atoms with Crippen LogP contribution in [0.3, 0.4) is 0 Å². The van der Waals surface area contributed by atoms with Crippen LogP contribution in [-0.2, 0) is 6.42 Å². The van der Waals surface area contributed by atoms with E-state index in [1.165, 1.54) is 16.9 Å². The van der Waals surface area contributed by atoms with Gasteiger partial charge in [-0.2, -0.15) is 0 Å². The number of aryl methyl sites for hydroxylation is 1. The summed E-state index contributed by atoms with van der Waals surface area (Å²) in [5.41, 5.74) is 8.77. The molecule has 0 saturated heterocycles. The van der Waals surface area contributed by atoms with Gasteiger partial charge in [-0.05, 0) is 30.2 Å². The zero-order valence-electron chi connectivity index (χ0n) is 10.8. The molecule has 0 fully saturated rings. The maximum absolute atomic E-state index is 5.64. The lowest BCUT2D eigenvalue weighted by molar-refractivity contribution is 0.410. The van der Waals surface area contributed by atoms with Gasteiger partial charge in [0.1, 0.15) is 5.75 Å². The molecular formula is C13H14N4OS. The van der Waals surface area contributed by atoms with E-state index in [2.05, 4.69) is 23.1 Å². The number of imidazole rings is 1. The van der Waals surface area contributed by atoms with Gasteiger partial charge < -0.3 is 10.5 Å². The molecule has 0 aliphatic heterocycles. The van der Waals surface area contributed by atoms with Crippen molar-refractivity contribution in [1.82, 2.24) is 14.6 Å². The van der Waals surface area contributed by atoms with Crippen LogP contribution in [0.1, 0.15) is 12.5 Å². The van der Waals surface area contributed by atoms with Crippen molar-refractivity contribution < 1.29 is 4.74 Å². The summed E-state index contributed by atoms with van der Waals surface area (Å²) >= 11 is 1.38. The summed E-state index contributed by atoms with van der Waals surface area (Å²) in [7, 11) is 1.69. The van der Waals surface area contributed by atoms with Crippen molar-refractivity contribution in [3.8, 4) is 17.0 Å². The van der Waals surface area contributed by atoms with Crippen molar-refractivity contribution in [2.75, 3.05) is 12.8 Å². The Bertz CT molecular complexity index is 700. The average molecular weight is 274 g/mol. The Morgan fingerprint density at radius 3 is 2.95 bits per heavy atom. The third-order valence-corrected chi connectivity index (χ3v) is 3.77. The van der Waals surface area contributed by atoms with Gasteiger partial charge in [0.25, 0.3) is 0 Å². The van der Waals surface area contributed by atoms with E-state index in [9.17, 15) is 0 Å². The first-order valence-corrected chi connectivity index (χ1v) is 6.82. The molecule has 0 aliphatic rings. The van der Waals surface area contributed by atoms with Crippen LogP contribution < -0.4 is 10.5 Å². The van der Waals surface area contributed by atoms with E-state index in [1.807, 2.05) is 18.3 Å². The van der Waals surface area contributed by atoms with E-state index in [0.29, 0.717) is 5.13 Å². The maximum atomic E-state index is 5.64. The summed E-state index contributed by atoms with van der Waals surface area (Å²) < 4.78 is 7.05. The van der Waals surface area contributed by atoms with Crippen molar-refractivity contribution in [2.24, 2.45) is 0 Å². The molecule has 1 aromatic carbocycles. The summed E-state index contributed by atoms with van der Waals surface area (Å²) in [5.74, 6) is 0.912. The second kappa shape index (κ2) is 4.55. The first kappa shape index (κ1) is 12.0. The number of nitrogen functional groups attached to an aromatic ring is 1. The zero-order chi connectivity index (χ0) is 13.4. The predicted molar refractivity (Wildman–Crippen MR) is 76.6 cm³/mol. The van der Waals surface area contributed by atoms with Gasteiger partial charge in [0.2, 0.25) is 10.1 Å². The van der Waals surface area contributed by atoms with Gasteiger partial charge in [-0.3, -0.25) is 0 Å². The highest BCUT2D eigenvalue weighted by molar-refractivity contribution is 7.20. The normalized spacial score (nSPS) is 11.1. The lowest BCUT2D eigenvalue weighted by Crippen LogP contribution is -1.91. The van der Waals surface area contributed by atoms with Gasteiger partial charge in [0.05, 0.1) is 19.0 Å². The van der Waals surface area contributed by atoms with Crippen LogP contribution >= 0.6 is 11.3 Å². The Balaban J connectivity index is 2.07. The number of hydrogen-bond donors (Lipinski definition) is 1. The Hall–Kier alpha value is -2.08. The number of ether oxygens (including phenoxy) is 1. The highest BCUT2D eigenvalue weighted by atomic mass is 32.1. The van der Waals surface area contributed by atoms with Gasteiger partial charge in [-0.25, -0.2) is 9.50 Å². The number of rotatable bonds is 3. The van der Waals surface area contributed by atoms with Crippen LogP contribution in [-0.4, -0.2) is 21.7 Å². The Morgan fingerprint density at radius 2 is 2.26 bits per heavy atom. The molecule has 3 rings (SSSR count). The SMILES string of the molecule is CCc1cc(-c2cn3nc(N)sc3n2)ccc1OC.